The van der Waals surface area contributed by atoms with Crippen LogP contribution in [0.15, 0.2) is 54.7 Å². The second-order valence-electron chi connectivity index (χ2n) is 14.9. The molecule has 4 aliphatic carbocycles. The normalized spacial score (nSPS) is 24.1. The van der Waals surface area contributed by atoms with Gasteiger partial charge in [-0.2, -0.15) is 0 Å². The molecule has 1 heterocycles. The van der Waals surface area contributed by atoms with Crippen LogP contribution in [-0.2, 0) is 20.7 Å². The number of benzene rings is 2. The molecule has 2 aromatic carbocycles. The van der Waals surface area contributed by atoms with Crippen molar-refractivity contribution >= 4 is 40.6 Å². The number of nitrogens with one attached hydrogen (secondary N) is 5. The molecular formula is C38H49N5O6. The number of carbonyl (C=O) groups excluding carboxylic acids is 3. The van der Waals surface area contributed by atoms with E-state index in [1.165, 1.54) is 19.3 Å². The number of ether oxygens (including phenoxy) is 1. The standard InChI is InChI=1S/C38H49N5O6/c1-24-9-3-5-12-31(24)42-35(47)39-14-8-7-10-29(18-33(44)45)41-34(46)37(2,22-28-23-40-32-13-6-4-11-30(28)32)43-36(48)49-38-19-25-15-26(20-38)17-27(16-25)21-38/h3-6,9,11-13,23,25-27,29,40H,7-8,10,14-22H2,1-2H3,(H,41,46)(H,43,48)(H,44,45)(H2,39,42,47)/t25?,26?,27?,29-,37+,38?/m0/s1. The molecule has 0 saturated heterocycles. The molecule has 3 aromatic rings. The van der Waals surface area contributed by atoms with Crippen LogP contribution in [0.3, 0.4) is 0 Å². The summed E-state index contributed by atoms with van der Waals surface area (Å²) in [5, 5.41) is 22.2. The van der Waals surface area contributed by atoms with E-state index in [1.54, 1.807) is 6.92 Å². The number of aromatic amines is 1. The molecule has 0 aliphatic heterocycles. The summed E-state index contributed by atoms with van der Waals surface area (Å²) in [5.41, 5.74) is 1.56. The Balaban J connectivity index is 1.10. The Bertz CT molecular complexity index is 1650. The van der Waals surface area contributed by atoms with E-state index in [4.69, 9.17) is 4.74 Å². The summed E-state index contributed by atoms with van der Waals surface area (Å²) in [7, 11) is 0. The zero-order valence-electron chi connectivity index (χ0n) is 28.5. The second kappa shape index (κ2) is 14.5. The first-order valence-corrected chi connectivity index (χ1v) is 17.7. The third kappa shape index (κ3) is 8.37. The monoisotopic (exact) mass is 671 g/mol. The molecule has 7 rings (SSSR count). The summed E-state index contributed by atoms with van der Waals surface area (Å²) in [4.78, 5) is 55.3. The summed E-state index contributed by atoms with van der Waals surface area (Å²) in [6, 6.07) is 14.3. The van der Waals surface area contributed by atoms with E-state index in [-0.39, 0.29) is 18.9 Å². The van der Waals surface area contributed by atoms with E-state index in [2.05, 4.69) is 26.3 Å². The van der Waals surface area contributed by atoms with Crippen molar-refractivity contribution in [2.24, 2.45) is 17.8 Å². The van der Waals surface area contributed by atoms with Gasteiger partial charge in [-0.1, -0.05) is 36.4 Å². The first kappa shape index (κ1) is 34.3. The Morgan fingerprint density at radius 3 is 2.35 bits per heavy atom. The Morgan fingerprint density at radius 2 is 1.65 bits per heavy atom. The number of aromatic nitrogens is 1. The van der Waals surface area contributed by atoms with Gasteiger partial charge in [0.2, 0.25) is 5.91 Å². The van der Waals surface area contributed by atoms with Crippen LogP contribution in [0.4, 0.5) is 15.3 Å². The van der Waals surface area contributed by atoms with Gasteiger partial charge in [0.05, 0.1) is 6.42 Å². The molecule has 4 fully saturated rings. The molecule has 2 atom stereocenters. The molecule has 4 bridgehead atoms. The third-order valence-corrected chi connectivity index (χ3v) is 10.8. The minimum atomic E-state index is -1.42. The van der Waals surface area contributed by atoms with Crippen LogP contribution in [0.1, 0.15) is 82.3 Å². The lowest BCUT2D eigenvalue weighted by atomic mass is 9.54. The van der Waals surface area contributed by atoms with Gasteiger partial charge >= 0.3 is 18.1 Å². The largest absolute Gasteiger partial charge is 0.481 e. The van der Waals surface area contributed by atoms with Crippen LogP contribution in [0, 0.1) is 24.7 Å². The minimum Gasteiger partial charge on any atom is -0.481 e. The summed E-state index contributed by atoms with van der Waals surface area (Å²) in [6.07, 6.45) is 8.98. The van der Waals surface area contributed by atoms with Crippen molar-refractivity contribution in [1.29, 1.82) is 0 Å². The number of carbonyl (C=O) groups is 4. The number of urea groups is 1. The van der Waals surface area contributed by atoms with Crippen LogP contribution in [-0.4, -0.2) is 57.8 Å². The molecule has 4 saturated carbocycles. The maximum atomic E-state index is 14.1. The number of aryl methyl sites for hydroxylation is 1. The number of carboxylic acids is 1. The molecule has 4 aliphatic rings. The summed E-state index contributed by atoms with van der Waals surface area (Å²) < 4.78 is 6.26. The highest BCUT2D eigenvalue weighted by Crippen LogP contribution is 2.57. The topological polar surface area (TPSA) is 162 Å². The van der Waals surface area contributed by atoms with Gasteiger partial charge in [-0.3, -0.25) is 9.59 Å². The molecule has 0 radical (unpaired) electrons. The van der Waals surface area contributed by atoms with Gasteiger partial charge in [0, 0.05) is 41.8 Å². The van der Waals surface area contributed by atoms with Gasteiger partial charge in [0.15, 0.2) is 0 Å². The fraction of sp³-hybridized carbons (Fsp3) is 0.526. The minimum absolute atomic E-state index is 0.179. The molecule has 11 heteroatoms. The number of aliphatic carboxylic acids is 1. The van der Waals surface area contributed by atoms with Crippen LogP contribution in [0.25, 0.3) is 10.9 Å². The zero-order chi connectivity index (χ0) is 34.6. The maximum absolute atomic E-state index is 14.1. The number of alkyl carbamates (subject to hydrolysis) is 1. The molecule has 11 nitrogen and oxygen atoms in total. The van der Waals surface area contributed by atoms with Gasteiger partial charge < -0.3 is 36.1 Å². The number of unbranched alkanes of at least 4 members (excludes halogenated alkanes) is 1. The highest BCUT2D eigenvalue weighted by atomic mass is 16.6. The summed E-state index contributed by atoms with van der Waals surface area (Å²) >= 11 is 0. The molecule has 6 N–H and O–H groups in total. The molecule has 49 heavy (non-hydrogen) atoms. The lowest BCUT2D eigenvalue weighted by molar-refractivity contribution is -0.138. The maximum Gasteiger partial charge on any atom is 0.408 e. The van der Waals surface area contributed by atoms with Gasteiger partial charge in [-0.05, 0) is 113 Å². The van der Waals surface area contributed by atoms with Crippen molar-refractivity contribution in [3.63, 3.8) is 0 Å². The second-order valence-corrected chi connectivity index (χ2v) is 14.9. The van der Waals surface area contributed by atoms with Gasteiger partial charge in [-0.15, -0.1) is 0 Å². The number of para-hydroxylation sites is 2. The van der Waals surface area contributed by atoms with Crippen LogP contribution < -0.4 is 21.3 Å². The Morgan fingerprint density at radius 1 is 0.980 bits per heavy atom. The van der Waals surface area contributed by atoms with Crippen LogP contribution in [0.5, 0.6) is 0 Å². The molecule has 0 spiro atoms. The number of hydrogen-bond acceptors (Lipinski definition) is 5. The number of rotatable bonds is 14. The summed E-state index contributed by atoms with van der Waals surface area (Å²) in [6.45, 7) is 3.99. The van der Waals surface area contributed by atoms with E-state index >= 15 is 0 Å². The number of fused-ring (bicyclic) bond motifs is 1. The van der Waals surface area contributed by atoms with Crippen LogP contribution >= 0.6 is 0 Å². The average Bonchev–Trinajstić information content (AvgIpc) is 3.42. The zero-order valence-corrected chi connectivity index (χ0v) is 28.5. The van der Waals surface area contributed by atoms with E-state index in [0.29, 0.717) is 43.6 Å². The molecule has 0 unspecified atom stereocenters. The Hall–Kier alpha value is -4.54. The molecule has 4 amide bonds. The lowest BCUT2D eigenvalue weighted by Crippen LogP contribution is -2.61. The first-order chi connectivity index (χ1) is 23.5. The van der Waals surface area contributed by atoms with E-state index in [9.17, 15) is 24.3 Å². The quantitative estimate of drug-likeness (QED) is 0.108. The van der Waals surface area contributed by atoms with Crippen molar-refractivity contribution in [3.8, 4) is 0 Å². The van der Waals surface area contributed by atoms with Crippen molar-refractivity contribution in [1.82, 2.24) is 20.9 Å². The smallest absolute Gasteiger partial charge is 0.408 e. The highest BCUT2D eigenvalue weighted by molar-refractivity contribution is 5.92. The van der Waals surface area contributed by atoms with Gasteiger partial charge in [-0.25, -0.2) is 9.59 Å². The average molecular weight is 672 g/mol. The Kier molecular flexibility index (Phi) is 10.2. The predicted molar refractivity (Wildman–Crippen MR) is 187 cm³/mol. The highest BCUT2D eigenvalue weighted by Gasteiger charge is 2.53. The van der Waals surface area contributed by atoms with Crippen LogP contribution in [0.2, 0.25) is 0 Å². The number of H-pyrrole nitrogens is 1. The van der Waals surface area contributed by atoms with Crippen molar-refractivity contribution in [2.75, 3.05) is 11.9 Å². The van der Waals surface area contributed by atoms with E-state index in [0.717, 1.165) is 47.0 Å². The van der Waals surface area contributed by atoms with Crippen molar-refractivity contribution in [2.45, 2.75) is 102 Å². The SMILES string of the molecule is Cc1ccccc1NC(=O)NCCCC[C@@H](CC(=O)O)NC(=O)[C@@](C)(Cc1c[nH]c2ccccc12)NC(=O)OC12CC3CC(CC(C3)C1)C2. The molecule has 1 aromatic heterocycles. The number of hydrogen-bond donors (Lipinski definition) is 6. The van der Waals surface area contributed by atoms with E-state index < -0.39 is 35.2 Å². The van der Waals surface area contributed by atoms with E-state index in [1.807, 2.05) is 61.7 Å². The molecular weight excluding hydrogens is 622 g/mol. The van der Waals surface area contributed by atoms with Gasteiger partial charge in [0.25, 0.3) is 0 Å². The third-order valence-electron chi connectivity index (χ3n) is 10.8. The first-order valence-electron chi connectivity index (χ1n) is 17.7. The fourth-order valence-electron chi connectivity index (χ4n) is 8.82. The van der Waals surface area contributed by atoms with Crippen molar-refractivity contribution < 1.29 is 29.0 Å². The van der Waals surface area contributed by atoms with Gasteiger partial charge in [0.1, 0.15) is 11.1 Å². The number of carboxylic acid groups (broad SMARTS) is 1. The summed E-state index contributed by atoms with van der Waals surface area (Å²) in [5.74, 6) is 0.272. The number of amides is 4. The fourth-order valence-corrected chi connectivity index (χ4v) is 8.82. The molecule has 262 valence electrons. The van der Waals surface area contributed by atoms with Crippen molar-refractivity contribution in [3.05, 3.63) is 65.9 Å². The number of anilines is 1. The Labute approximate surface area is 287 Å². The predicted octanol–water partition coefficient (Wildman–Crippen LogP) is 6.42. The lowest BCUT2D eigenvalue weighted by Gasteiger charge is -2.55.